The molecule has 0 saturated heterocycles. The van der Waals surface area contributed by atoms with Crippen molar-refractivity contribution in [2.45, 2.75) is 19.5 Å². The zero-order valence-corrected chi connectivity index (χ0v) is 17.1. The van der Waals surface area contributed by atoms with Crippen LogP contribution in [0.15, 0.2) is 89.5 Å². The molecule has 0 aliphatic rings. The molecule has 1 aromatic heterocycles. The number of carbonyl (C=O) groups is 2. The van der Waals surface area contributed by atoms with Crippen LogP contribution in [0.25, 0.3) is 10.8 Å². The third-order valence-corrected chi connectivity index (χ3v) is 5.05. The van der Waals surface area contributed by atoms with Crippen LogP contribution in [0, 0.1) is 0 Å². The zero-order valence-electron chi connectivity index (χ0n) is 17.1. The van der Waals surface area contributed by atoms with E-state index >= 15 is 0 Å². The summed E-state index contributed by atoms with van der Waals surface area (Å²) in [5, 5.41) is 10.9. The lowest BCUT2D eigenvalue weighted by molar-refractivity contribution is 0.0996. The predicted molar refractivity (Wildman–Crippen MR) is 121 cm³/mol. The van der Waals surface area contributed by atoms with E-state index in [1.54, 1.807) is 24.3 Å². The van der Waals surface area contributed by atoms with Crippen molar-refractivity contribution in [3.8, 4) is 0 Å². The Balaban J connectivity index is 1.31. The average Bonchev–Trinajstić information content (AvgIpc) is 3.33. The van der Waals surface area contributed by atoms with Gasteiger partial charge in [0.25, 0.3) is 5.91 Å². The van der Waals surface area contributed by atoms with Gasteiger partial charge >= 0.3 is 6.03 Å². The van der Waals surface area contributed by atoms with Gasteiger partial charge in [-0.15, -0.1) is 0 Å². The molecule has 1 unspecified atom stereocenters. The summed E-state index contributed by atoms with van der Waals surface area (Å²) >= 11 is 0. The van der Waals surface area contributed by atoms with Crippen LogP contribution in [0.4, 0.5) is 10.5 Å². The van der Waals surface area contributed by atoms with Crippen molar-refractivity contribution in [1.82, 2.24) is 10.6 Å². The largest absolute Gasteiger partial charge is 0.459 e. The Hall–Kier alpha value is -4.06. The minimum absolute atomic E-state index is 0.134. The monoisotopic (exact) mass is 413 g/mol. The van der Waals surface area contributed by atoms with Gasteiger partial charge in [0.05, 0.1) is 12.3 Å². The lowest BCUT2D eigenvalue weighted by Gasteiger charge is -2.17. The highest BCUT2D eigenvalue weighted by Gasteiger charge is 2.12. The Morgan fingerprint density at radius 3 is 2.45 bits per heavy atom. The Morgan fingerprint density at radius 2 is 1.68 bits per heavy atom. The van der Waals surface area contributed by atoms with E-state index in [4.69, 9.17) is 4.42 Å². The van der Waals surface area contributed by atoms with Gasteiger partial charge in [0, 0.05) is 12.2 Å². The fraction of sp³-hybridized carbons (Fsp3) is 0.120. The summed E-state index contributed by atoms with van der Waals surface area (Å²) in [5.74, 6) is -0.0552. The number of anilines is 1. The third kappa shape index (κ3) is 4.93. The summed E-state index contributed by atoms with van der Waals surface area (Å²) in [5.41, 5.74) is 2.65. The number of nitrogens with one attached hydrogen (secondary N) is 3. The van der Waals surface area contributed by atoms with E-state index in [1.807, 2.05) is 43.3 Å². The van der Waals surface area contributed by atoms with E-state index in [9.17, 15) is 9.59 Å². The molecule has 1 heterocycles. The summed E-state index contributed by atoms with van der Waals surface area (Å²) < 4.78 is 5.08. The summed E-state index contributed by atoms with van der Waals surface area (Å²) in [6.45, 7) is 2.35. The van der Waals surface area contributed by atoms with Crippen molar-refractivity contribution < 1.29 is 14.0 Å². The molecule has 156 valence electrons. The summed E-state index contributed by atoms with van der Waals surface area (Å²) in [4.78, 5) is 24.4. The van der Waals surface area contributed by atoms with Gasteiger partial charge in [-0.2, -0.15) is 0 Å². The highest BCUT2D eigenvalue weighted by Crippen LogP contribution is 2.24. The van der Waals surface area contributed by atoms with Gasteiger partial charge < -0.3 is 20.4 Å². The van der Waals surface area contributed by atoms with Crippen molar-refractivity contribution in [2.75, 3.05) is 5.32 Å². The van der Waals surface area contributed by atoms with Crippen LogP contribution < -0.4 is 16.0 Å². The lowest BCUT2D eigenvalue weighted by Crippen LogP contribution is -2.36. The smallest absolute Gasteiger partial charge is 0.315 e. The highest BCUT2D eigenvalue weighted by atomic mass is 16.3. The zero-order chi connectivity index (χ0) is 21.6. The van der Waals surface area contributed by atoms with Crippen LogP contribution in [0.2, 0.25) is 0 Å². The van der Waals surface area contributed by atoms with Crippen LogP contribution in [-0.4, -0.2) is 11.9 Å². The summed E-state index contributed by atoms with van der Waals surface area (Å²) in [7, 11) is 0. The Morgan fingerprint density at radius 1 is 0.903 bits per heavy atom. The van der Waals surface area contributed by atoms with Crippen LogP contribution in [0.5, 0.6) is 0 Å². The van der Waals surface area contributed by atoms with Crippen LogP contribution in [0.3, 0.4) is 0 Å². The van der Waals surface area contributed by atoms with Crippen molar-refractivity contribution in [2.24, 2.45) is 0 Å². The van der Waals surface area contributed by atoms with E-state index in [1.165, 1.54) is 6.26 Å². The first-order valence-electron chi connectivity index (χ1n) is 10.1. The molecule has 0 fully saturated rings. The van der Waals surface area contributed by atoms with Crippen molar-refractivity contribution >= 4 is 28.4 Å². The molecule has 31 heavy (non-hydrogen) atoms. The number of benzene rings is 3. The third-order valence-electron chi connectivity index (χ3n) is 5.05. The molecule has 3 amide bonds. The molecule has 0 saturated carbocycles. The van der Waals surface area contributed by atoms with Crippen LogP contribution in [-0.2, 0) is 6.54 Å². The first kappa shape index (κ1) is 20.2. The topological polar surface area (TPSA) is 83.4 Å². The first-order valence-corrected chi connectivity index (χ1v) is 10.1. The van der Waals surface area contributed by atoms with E-state index in [-0.39, 0.29) is 23.7 Å². The maximum Gasteiger partial charge on any atom is 0.315 e. The van der Waals surface area contributed by atoms with Gasteiger partial charge in [-0.3, -0.25) is 4.79 Å². The molecule has 6 heteroatoms. The number of rotatable bonds is 6. The quantitative estimate of drug-likeness (QED) is 0.404. The number of carbonyl (C=O) groups excluding carboxylic acids is 2. The number of fused-ring (bicyclic) bond motifs is 1. The van der Waals surface area contributed by atoms with Crippen molar-refractivity contribution in [1.29, 1.82) is 0 Å². The maximum atomic E-state index is 12.4. The number of urea groups is 1. The van der Waals surface area contributed by atoms with Gasteiger partial charge in [0.15, 0.2) is 5.76 Å². The Bertz CT molecular complexity index is 1180. The first-order chi connectivity index (χ1) is 15.1. The van der Waals surface area contributed by atoms with Gasteiger partial charge in [0.1, 0.15) is 0 Å². The molecule has 3 N–H and O–H groups in total. The molecule has 6 nitrogen and oxygen atoms in total. The van der Waals surface area contributed by atoms with E-state index in [0.29, 0.717) is 12.2 Å². The Kier molecular flexibility index (Phi) is 5.98. The van der Waals surface area contributed by atoms with Crippen molar-refractivity contribution in [3.63, 3.8) is 0 Å². The number of furan rings is 1. The molecule has 0 bridgehead atoms. The summed E-state index contributed by atoms with van der Waals surface area (Å²) in [6.07, 6.45) is 1.45. The Labute approximate surface area is 180 Å². The molecular weight excluding hydrogens is 390 g/mol. The minimum Gasteiger partial charge on any atom is -0.459 e. The lowest BCUT2D eigenvalue weighted by atomic mass is 10.00. The minimum atomic E-state index is -0.308. The predicted octanol–water partition coefficient (Wildman–Crippen LogP) is 5.25. The van der Waals surface area contributed by atoms with E-state index < -0.39 is 0 Å². The molecule has 0 spiro atoms. The maximum absolute atomic E-state index is 12.4. The van der Waals surface area contributed by atoms with E-state index in [0.717, 1.165) is 21.9 Å². The second kappa shape index (κ2) is 9.17. The fourth-order valence-electron chi connectivity index (χ4n) is 3.44. The second-order valence-electron chi connectivity index (χ2n) is 7.25. The fourth-order valence-corrected chi connectivity index (χ4v) is 3.44. The van der Waals surface area contributed by atoms with Gasteiger partial charge in [0.2, 0.25) is 0 Å². The van der Waals surface area contributed by atoms with Gasteiger partial charge in [-0.1, -0.05) is 54.6 Å². The van der Waals surface area contributed by atoms with E-state index in [2.05, 4.69) is 34.1 Å². The molecule has 4 rings (SSSR count). The molecule has 3 aromatic carbocycles. The van der Waals surface area contributed by atoms with Crippen molar-refractivity contribution in [3.05, 3.63) is 102 Å². The molecular formula is C25H23N3O3. The van der Waals surface area contributed by atoms with Gasteiger partial charge in [-0.25, -0.2) is 4.79 Å². The molecule has 0 aliphatic heterocycles. The molecule has 1 atom stereocenters. The second-order valence-corrected chi connectivity index (χ2v) is 7.25. The van der Waals surface area contributed by atoms with Crippen LogP contribution in [0.1, 0.15) is 34.6 Å². The normalized spacial score (nSPS) is 11.6. The van der Waals surface area contributed by atoms with Crippen LogP contribution >= 0.6 is 0 Å². The SMILES string of the molecule is CC(NC(=O)NCc1ccc(NC(=O)c2ccco2)cc1)c1cccc2ccccc12. The molecule has 0 radical (unpaired) electrons. The number of hydrogen-bond acceptors (Lipinski definition) is 3. The average molecular weight is 413 g/mol. The molecule has 4 aromatic rings. The highest BCUT2D eigenvalue weighted by molar-refractivity contribution is 6.02. The molecule has 0 aliphatic carbocycles. The number of amides is 3. The number of hydrogen-bond donors (Lipinski definition) is 3. The summed E-state index contributed by atoms with van der Waals surface area (Å²) in [6, 6.07) is 24.4. The van der Waals surface area contributed by atoms with Gasteiger partial charge in [-0.05, 0) is 53.1 Å². The standard InChI is InChI=1S/C25H23N3O3/c1-17(21-9-4-7-19-6-2-3-8-22(19)21)27-25(30)26-16-18-11-13-20(14-12-18)28-24(29)23-10-5-15-31-23/h2-15,17H,16H2,1H3,(H,28,29)(H2,26,27,30).